The monoisotopic (exact) mass is 294 g/mol. The summed E-state index contributed by atoms with van der Waals surface area (Å²) in [7, 11) is 1.57. The van der Waals surface area contributed by atoms with Crippen molar-refractivity contribution in [3.8, 4) is 5.75 Å². The van der Waals surface area contributed by atoms with Crippen LogP contribution in [0.25, 0.3) is 0 Å². The number of ketones is 1. The van der Waals surface area contributed by atoms with Gasteiger partial charge in [-0.3, -0.25) is 4.79 Å². The van der Waals surface area contributed by atoms with E-state index >= 15 is 0 Å². The molecule has 0 atom stereocenters. The van der Waals surface area contributed by atoms with E-state index < -0.39 is 0 Å². The number of carbonyl (C=O) groups is 1. The van der Waals surface area contributed by atoms with Crippen LogP contribution in [-0.4, -0.2) is 12.9 Å². The molecule has 0 aromatic heterocycles. The Labute approximate surface area is 121 Å². The van der Waals surface area contributed by atoms with Crippen LogP contribution in [-0.2, 0) is 6.42 Å². The highest BCUT2D eigenvalue weighted by molar-refractivity contribution is 6.42. The Morgan fingerprint density at radius 2 is 1.89 bits per heavy atom. The van der Waals surface area contributed by atoms with Crippen molar-refractivity contribution in [1.82, 2.24) is 0 Å². The number of halogens is 2. The maximum absolute atomic E-state index is 12.1. The predicted molar refractivity (Wildman–Crippen MR) is 77.5 cm³/mol. The molecule has 4 heteroatoms. The Kier molecular flexibility index (Phi) is 4.46. The lowest BCUT2D eigenvalue weighted by atomic mass is 10.0. The van der Waals surface area contributed by atoms with E-state index in [1.54, 1.807) is 49.6 Å². The van der Waals surface area contributed by atoms with Gasteiger partial charge in [0.05, 0.1) is 17.2 Å². The average molecular weight is 295 g/mol. The van der Waals surface area contributed by atoms with E-state index in [-0.39, 0.29) is 12.2 Å². The smallest absolute Gasteiger partial charge is 0.167 e. The fraction of sp³-hybridized carbons (Fsp3) is 0.133. The Morgan fingerprint density at radius 3 is 2.58 bits per heavy atom. The maximum atomic E-state index is 12.1. The molecule has 0 saturated heterocycles. The van der Waals surface area contributed by atoms with E-state index in [0.29, 0.717) is 21.4 Å². The normalized spacial score (nSPS) is 10.3. The van der Waals surface area contributed by atoms with Crippen molar-refractivity contribution in [2.45, 2.75) is 6.42 Å². The number of benzene rings is 2. The van der Waals surface area contributed by atoms with Crippen LogP contribution >= 0.6 is 23.2 Å². The molecule has 0 heterocycles. The van der Waals surface area contributed by atoms with E-state index in [2.05, 4.69) is 0 Å². The summed E-state index contributed by atoms with van der Waals surface area (Å²) >= 11 is 11.8. The van der Waals surface area contributed by atoms with Crippen molar-refractivity contribution < 1.29 is 9.53 Å². The Hall–Kier alpha value is -1.51. The van der Waals surface area contributed by atoms with Crippen LogP contribution in [0.3, 0.4) is 0 Å². The Balaban J connectivity index is 2.18. The molecule has 0 aliphatic rings. The van der Waals surface area contributed by atoms with Crippen molar-refractivity contribution in [1.29, 1.82) is 0 Å². The lowest BCUT2D eigenvalue weighted by Crippen LogP contribution is -2.03. The standard InChI is InChI=1S/C15H12Cl2O2/c1-19-12-4-2-3-11(9-12)15(18)8-10-5-6-13(16)14(17)7-10/h2-7,9H,8H2,1H3. The lowest BCUT2D eigenvalue weighted by Gasteiger charge is -2.05. The van der Waals surface area contributed by atoms with Crippen molar-refractivity contribution in [3.05, 3.63) is 63.6 Å². The summed E-state index contributed by atoms with van der Waals surface area (Å²) < 4.78 is 5.10. The zero-order valence-corrected chi connectivity index (χ0v) is 11.8. The third kappa shape index (κ3) is 3.49. The van der Waals surface area contributed by atoms with E-state index in [4.69, 9.17) is 27.9 Å². The fourth-order valence-corrected chi connectivity index (χ4v) is 2.05. The third-order valence-corrected chi connectivity index (χ3v) is 3.48. The first kappa shape index (κ1) is 13.9. The third-order valence-electron chi connectivity index (χ3n) is 2.74. The van der Waals surface area contributed by atoms with Gasteiger partial charge in [-0.05, 0) is 29.8 Å². The first-order valence-electron chi connectivity index (χ1n) is 5.71. The summed E-state index contributed by atoms with van der Waals surface area (Å²) in [4.78, 5) is 12.1. The Bertz CT molecular complexity index is 609. The summed E-state index contributed by atoms with van der Waals surface area (Å²) in [5.41, 5.74) is 1.45. The number of methoxy groups -OCH3 is 1. The van der Waals surface area contributed by atoms with E-state index in [1.807, 2.05) is 0 Å². The van der Waals surface area contributed by atoms with Gasteiger partial charge in [0.25, 0.3) is 0 Å². The molecule has 0 saturated carbocycles. The van der Waals surface area contributed by atoms with E-state index in [0.717, 1.165) is 5.56 Å². The molecular weight excluding hydrogens is 283 g/mol. The van der Waals surface area contributed by atoms with Gasteiger partial charge in [-0.25, -0.2) is 0 Å². The molecule has 0 aliphatic carbocycles. The van der Waals surface area contributed by atoms with Crippen LogP contribution in [0.4, 0.5) is 0 Å². The number of carbonyl (C=O) groups excluding carboxylic acids is 1. The number of rotatable bonds is 4. The average Bonchev–Trinajstić information content (AvgIpc) is 2.43. The van der Waals surface area contributed by atoms with Crippen molar-refractivity contribution in [2.75, 3.05) is 7.11 Å². The van der Waals surface area contributed by atoms with Gasteiger partial charge < -0.3 is 4.74 Å². The Morgan fingerprint density at radius 1 is 1.11 bits per heavy atom. The van der Waals surface area contributed by atoms with Gasteiger partial charge in [-0.1, -0.05) is 41.4 Å². The molecule has 0 spiro atoms. The molecule has 0 unspecified atom stereocenters. The molecule has 0 bridgehead atoms. The molecule has 0 N–H and O–H groups in total. The second-order valence-electron chi connectivity index (χ2n) is 4.08. The molecule has 2 nitrogen and oxygen atoms in total. The zero-order chi connectivity index (χ0) is 13.8. The van der Waals surface area contributed by atoms with Gasteiger partial charge in [-0.15, -0.1) is 0 Å². The molecule has 19 heavy (non-hydrogen) atoms. The summed E-state index contributed by atoms with van der Waals surface area (Å²) in [6, 6.07) is 12.3. The van der Waals surface area contributed by atoms with E-state index in [9.17, 15) is 4.79 Å². The summed E-state index contributed by atoms with van der Waals surface area (Å²) in [6.45, 7) is 0. The second-order valence-corrected chi connectivity index (χ2v) is 4.89. The first-order valence-corrected chi connectivity index (χ1v) is 6.47. The molecule has 2 aromatic rings. The molecule has 0 fully saturated rings. The van der Waals surface area contributed by atoms with Gasteiger partial charge >= 0.3 is 0 Å². The van der Waals surface area contributed by atoms with Gasteiger partial charge in [0, 0.05) is 12.0 Å². The lowest BCUT2D eigenvalue weighted by molar-refractivity contribution is 0.0992. The number of hydrogen-bond acceptors (Lipinski definition) is 2. The molecule has 2 rings (SSSR count). The van der Waals surface area contributed by atoms with E-state index in [1.165, 1.54) is 0 Å². The minimum absolute atomic E-state index is 0.0114. The minimum Gasteiger partial charge on any atom is -0.497 e. The summed E-state index contributed by atoms with van der Waals surface area (Å²) in [6.07, 6.45) is 0.282. The van der Waals surface area contributed by atoms with Gasteiger partial charge in [-0.2, -0.15) is 0 Å². The van der Waals surface area contributed by atoms with Gasteiger partial charge in [0.15, 0.2) is 5.78 Å². The SMILES string of the molecule is COc1cccc(C(=O)Cc2ccc(Cl)c(Cl)c2)c1. The maximum Gasteiger partial charge on any atom is 0.167 e. The van der Waals surface area contributed by atoms with Crippen molar-refractivity contribution in [2.24, 2.45) is 0 Å². The van der Waals surface area contributed by atoms with Crippen LogP contribution < -0.4 is 4.74 Å². The van der Waals surface area contributed by atoms with Crippen LogP contribution in [0.2, 0.25) is 10.0 Å². The van der Waals surface area contributed by atoms with Crippen molar-refractivity contribution in [3.63, 3.8) is 0 Å². The highest BCUT2D eigenvalue weighted by atomic mass is 35.5. The predicted octanol–water partition coefficient (Wildman–Crippen LogP) is 4.43. The van der Waals surface area contributed by atoms with Gasteiger partial charge in [0.1, 0.15) is 5.75 Å². The van der Waals surface area contributed by atoms with Crippen molar-refractivity contribution >= 4 is 29.0 Å². The van der Waals surface area contributed by atoms with Gasteiger partial charge in [0.2, 0.25) is 0 Å². The number of ether oxygens (including phenoxy) is 1. The molecule has 0 radical (unpaired) electrons. The fourth-order valence-electron chi connectivity index (χ4n) is 1.73. The molecule has 2 aromatic carbocycles. The first-order chi connectivity index (χ1) is 9.10. The molecule has 98 valence electrons. The zero-order valence-electron chi connectivity index (χ0n) is 10.3. The summed E-state index contributed by atoms with van der Waals surface area (Å²) in [5, 5.41) is 0.942. The quantitative estimate of drug-likeness (QED) is 0.780. The van der Waals surface area contributed by atoms with Crippen LogP contribution in [0.5, 0.6) is 5.75 Å². The summed E-state index contributed by atoms with van der Waals surface area (Å²) in [5.74, 6) is 0.678. The molecular formula is C15H12Cl2O2. The topological polar surface area (TPSA) is 26.3 Å². The van der Waals surface area contributed by atoms with Crippen LogP contribution in [0.1, 0.15) is 15.9 Å². The highest BCUT2D eigenvalue weighted by Gasteiger charge is 2.09. The molecule has 0 aliphatic heterocycles. The minimum atomic E-state index is 0.0114. The largest absolute Gasteiger partial charge is 0.497 e. The number of hydrogen-bond donors (Lipinski definition) is 0. The molecule has 0 amide bonds. The van der Waals surface area contributed by atoms with Crippen LogP contribution in [0, 0.1) is 0 Å². The highest BCUT2D eigenvalue weighted by Crippen LogP contribution is 2.23. The van der Waals surface area contributed by atoms with Crippen LogP contribution in [0.15, 0.2) is 42.5 Å². The second kappa shape index (κ2) is 6.09. The number of Topliss-reactive ketones (excluding diaryl/α,β-unsaturated/α-hetero) is 1.